The zero-order valence-corrected chi connectivity index (χ0v) is 16.2. The topological polar surface area (TPSA) is 43.1 Å². The second-order valence-corrected chi connectivity index (χ2v) is 7.10. The Balaban J connectivity index is 1.96. The molecule has 0 amide bonds. The Morgan fingerprint density at radius 3 is 2.63 bits per heavy atom. The number of benzene rings is 2. The Morgan fingerprint density at radius 2 is 1.89 bits per heavy atom. The molecule has 0 fully saturated rings. The molecule has 0 aliphatic rings. The van der Waals surface area contributed by atoms with Gasteiger partial charge >= 0.3 is 0 Å². The van der Waals surface area contributed by atoms with Crippen molar-refractivity contribution in [3.63, 3.8) is 0 Å². The lowest BCUT2D eigenvalue weighted by Gasteiger charge is -2.14. The third-order valence-corrected chi connectivity index (χ3v) is 4.87. The highest BCUT2D eigenvalue weighted by Gasteiger charge is 2.19. The quantitative estimate of drug-likeness (QED) is 0.282. The van der Waals surface area contributed by atoms with Gasteiger partial charge in [-0.05, 0) is 55.0 Å². The monoisotopic (exact) mass is 417 g/mol. The Kier molecular flexibility index (Phi) is 4.73. The largest absolute Gasteiger partial charge is 0.465 e. The minimum atomic E-state index is -0.0999. The summed E-state index contributed by atoms with van der Waals surface area (Å²) in [6.45, 7) is 1.88. The first kappa shape index (κ1) is 17.4. The van der Waals surface area contributed by atoms with E-state index in [9.17, 15) is 4.79 Å². The fraction of sp³-hybridized carbons (Fsp3) is 0.0435. The van der Waals surface area contributed by atoms with Crippen LogP contribution in [0.1, 0.15) is 21.8 Å². The van der Waals surface area contributed by atoms with Crippen LogP contribution in [0, 0.1) is 6.92 Å². The number of aryl methyl sites for hydroxylation is 1. The number of nitrogens with zero attached hydrogens (tertiary/aromatic N) is 1. The number of furan rings is 1. The number of ketones is 1. The van der Waals surface area contributed by atoms with Crippen molar-refractivity contribution in [1.29, 1.82) is 0 Å². The molecular weight excluding hydrogens is 402 g/mol. The fourth-order valence-electron chi connectivity index (χ4n) is 3.19. The number of hydrogen-bond acceptors (Lipinski definition) is 3. The number of allylic oxidation sites excluding steroid dienone is 1. The molecule has 4 rings (SSSR count). The number of fused-ring (bicyclic) bond motifs is 1. The molecule has 0 spiro atoms. The first-order chi connectivity index (χ1) is 13.1. The number of aromatic nitrogens is 1. The van der Waals surface area contributed by atoms with E-state index in [1.54, 1.807) is 24.5 Å². The van der Waals surface area contributed by atoms with Gasteiger partial charge in [-0.25, -0.2) is 0 Å². The molecule has 27 heavy (non-hydrogen) atoms. The van der Waals surface area contributed by atoms with Crippen LogP contribution in [-0.2, 0) is 0 Å². The van der Waals surface area contributed by atoms with Gasteiger partial charge in [-0.15, -0.1) is 0 Å². The molecule has 4 heteroatoms. The third kappa shape index (κ3) is 3.49. The molecule has 0 aliphatic heterocycles. The van der Waals surface area contributed by atoms with Crippen LogP contribution in [-0.4, -0.2) is 10.8 Å². The van der Waals surface area contributed by atoms with Gasteiger partial charge in [0, 0.05) is 21.1 Å². The van der Waals surface area contributed by atoms with E-state index in [4.69, 9.17) is 4.42 Å². The van der Waals surface area contributed by atoms with Crippen LogP contribution < -0.4 is 0 Å². The second kappa shape index (κ2) is 7.33. The van der Waals surface area contributed by atoms with Crippen molar-refractivity contribution in [2.24, 2.45) is 0 Å². The van der Waals surface area contributed by atoms with Gasteiger partial charge in [0.1, 0.15) is 5.76 Å². The molecule has 0 saturated carbocycles. The zero-order chi connectivity index (χ0) is 18.8. The standard InChI is InChI=1S/C23H16BrNO2/c1-15-22(21(26)12-10-18-8-5-13-27-18)23(16-6-3-2-4-7-16)19-14-17(24)9-11-20(19)25-15/h2-14H,1H3/b12-10+. The maximum Gasteiger partial charge on any atom is 0.188 e. The summed E-state index contributed by atoms with van der Waals surface area (Å²) in [7, 11) is 0. The number of pyridine rings is 1. The van der Waals surface area contributed by atoms with E-state index in [2.05, 4.69) is 20.9 Å². The van der Waals surface area contributed by atoms with Crippen molar-refractivity contribution in [3.05, 3.63) is 94.5 Å². The van der Waals surface area contributed by atoms with Gasteiger partial charge in [0.15, 0.2) is 5.78 Å². The SMILES string of the molecule is Cc1nc2ccc(Br)cc2c(-c2ccccc2)c1C(=O)/C=C/c1ccco1. The summed E-state index contributed by atoms with van der Waals surface area (Å²) in [6, 6.07) is 19.5. The van der Waals surface area contributed by atoms with Gasteiger partial charge in [0.25, 0.3) is 0 Å². The van der Waals surface area contributed by atoms with E-state index in [-0.39, 0.29) is 5.78 Å². The van der Waals surface area contributed by atoms with Gasteiger partial charge in [-0.2, -0.15) is 0 Å². The van der Waals surface area contributed by atoms with Gasteiger partial charge in [0.05, 0.1) is 17.3 Å². The molecule has 0 bridgehead atoms. The molecule has 0 saturated heterocycles. The highest BCUT2D eigenvalue weighted by molar-refractivity contribution is 9.10. The molecule has 0 unspecified atom stereocenters. The van der Waals surface area contributed by atoms with E-state index in [1.807, 2.05) is 61.5 Å². The highest BCUT2D eigenvalue weighted by Crippen LogP contribution is 2.35. The average Bonchev–Trinajstić information content (AvgIpc) is 3.20. The van der Waals surface area contributed by atoms with E-state index in [1.165, 1.54) is 0 Å². The van der Waals surface area contributed by atoms with E-state index >= 15 is 0 Å². The smallest absolute Gasteiger partial charge is 0.188 e. The second-order valence-electron chi connectivity index (χ2n) is 6.19. The minimum absolute atomic E-state index is 0.0999. The normalized spacial score (nSPS) is 11.3. The number of carbonyl (C=O) groups is 1. The predicted octanol–water partition coefficient (Wildman–Crippen LogP) is 6.46. The lowest BCUT2D eigenvalue weighted by atomic mass is 9.92. The Morgan fingerprint density at radius 1 is 1.07 bits per heavy atom. The Labute approximate surface area is 165 Å². The Bertz CT molecular complexity index is 1150. The van der Waals surface area contributed by atoms with Gasteiger partial charge in [-0.1, -0.05) is 46.3 Å². The van der Waals surface area contributed by atoms with E-state index < -0.39 is 0 Å². The molecule has 132 valence electrons. The summed E-state index contributed by atoms with van der Waals surface area (Å²) in [4.78, 5) is 17.8. The molecule has 2 aromatic carbocycles. The van der Waals surface area contributed by atoms with Gasteiger partial charge in [-0.3, -0.25) is 9.78 Å². The third-order valence-electron chi connectivity index (χ3n) is 4.38. The fourth-order valence-corrected chi connectivity index (χ4v) is 3.55. The van der Waals surface area contributed by atoms with Gasteiger partial charge in [0.2, 0.25) is 0 Å². The van der Waals surface area contributed by atoms with Crippen molar-refractivity contribution in [2.45, 2.75) is 6.92 Å². The van der Waals surface area contributed by atoms with Crippen molar-refractivity contribution in [3.8, 4) is 11.1 Å². The molecule has 4 aromatic rings. The molecular formula is C23H16BrNO2. The highest BCUT2D eigenvalue weighted by atomic mass is 79.9. The molecule has 0 radical (unpaired) electrons. The van der Waals surface area contributed by atoms with Crippen molar-refractivity contribution in [1.82, 2.24) is 4.98 Å². The maximum absolute atomic E-state index is 13.1. The summed E-state index contributed by atoms with van der Waals surface area (Å²) >= 11 is 3.54. The van der Waals surface area contributed by atoms with Crippen LogP contribution in [0.25, 0.3) is 28.1 Å². The minimum Gasteiger partial charge on any atom is -0.465 e. The number of carbonyl (C=O) groups excluding carboxylic acids is 1. The van der Waals surface area contributed by atoms with E-state index in [0.717, 1.165) is 26.5 Å². The summed E-state index contributed by atoms with van der Waals surface area (Å²) in [6.07, 6.45) is 4.81. The predicted molar refractivity (Wildman–Crippen MR) is 112 cm³/mol. The summed E-state index contributed by atoms with van der Waals surface area (Å²) in [5.41, 5.74) is 4.06. The van der Waals surface area contributed by atoms with Crippen LogP contribution >= 0.6 is 15.9 Å². The summed E-state index contributed by atoms with van der Waals surface area (Å²) < 4.78 is 6.24. The van der Waals surface area contributed by atoms with Crippen LogP contribution in [0.5, 0.6) is 0 Å². The van der Waals surface area contributed by atoms with E-state index in [0.29, 0.717) is 17.0 Å². The van der Waals surface area contributed by atoms with Crippen molar-refractivity contribution < 1.29 is 9.21 Å². The number of hydrogen-bond donors (Lipinski definition) is 0. The lowest BCUT2D eigenvalue weighted by molar-refractivity contribution is 0.104. The molecule has 0 aliphatic carbocycles. The lowest BCUT2D eigenvalue weighted by Crippen LogP contribution is -2.05. The van der Waals surface area contributed by atoms with Crippen LogP contribution in [0.2, 0.25) is 0 Å². The van der Waals surface area contributed by atoms with Crippen LogP contribution in [0.4, 0.5) is 0 Å². The molecule has 2 heterocycles. The zero-order valence-electron chi connectivity index (χ0n) is 14.6. The van der Waals surface area contributed by atoms with Gasteiger partial charge < -0.3 is 4.42 Å². The molecule has 2 aromatic heterocycles. The van der Waals surface area contributed by atoms with Crippen LogP contribution in [0.15, 0.2) is 81.9 Å². The van der Waals surface area contributed by atoms with Crippen molar-refractivity contribution >= 4 is 38.7 Å². The Hall–Kier alpha value is -2.98. The summed E-state index contributed by atoms with van der Waals surface area (Å²) in [5.74, 6) is 0.538. The molecule has 0 N–H and O–H groups in total. The number of halogens is 1. The van der Waals surface area contributed by atoms with Crippen molar-refractivity contribution in [2.75, 3.05) is 0 Å². The first-order valence-electron chi connectivity index (χ1n) is 8.54. The maximum atomic E-state index is 13.1. The first-order valence-corrected chi connectivity index (χ1v) is 9.34. The molecule has 0 atom stereocenters. The number of rotatable bonds is 4. The summed E-state index contributed by atoms with van der Waals surface area (Å²) in [5, 5.41) is 0.941. The average molecular weight is 418 g/mol. The van der Waals surface area contributed by atoms with Crippen LogP contribution in [0.3, 0.4) is 0 Å². The molecule has 3 nitrogen and oxygen atoms in total.